The number of carbonyl (C=O) groups excluding carboxylic acids is 1. The van der Waals surface area contributed by atoms with Gasteiger partial charge >= 0.3 is 5.97 Å². The molecule has 0 amide bonds. The van der Waals surface area contributed by atoms with E-state index in [1.54, 1.807) is 0 Å². The van der Waals surface area contributed by atoms with Gasteiger partial charge in [0.2, 0.25) is 0 Å². The summed E-state index contributed by atoms with van der Waals surface area (Å²) in [7, 11) is 1.45. The Morgan fingerprint density at radius 1 is 1.44 bits per heavy atom. The van der Waals surface area contributed by atoms with Gasteiger partial charge in [0.25, 0.3) is 0 Å². The van der Waals surface area contributed by atoms with Gasteiger partial charge < -0.3 is 10.1 Å². The normalized spacial score (nSPS) is 18.6. The molecule has 1 rings (SSSR count). The first-order valence-electron chi connectivity index (χ1n) is 6.26. The highest BCUT2D eigenvalue weighted by molar-refractivity contribution is 5.71. The van der Waals surface area contributed by atoms with E-state index in [1.165, 1.54) is 26.4 Å². The Hall–Kier alpha value is -0.610. The first-order chi connectivity index (χ1) is 7.76. The smallest absolute Gasteiger partial charge is 0.319 e. The molecular formula is C12H24N2O2. The molecule has 0 saturated carbocycles. The van der Waals surface area contributed by atoms with Crippen LogP contribution in [0.4, 0.5) is 0 Å². The van der Waals surface area contributed by atoms with Crippen LogP contribution < -0.4 is 5.32 Å². The molecule has 16 heavy (non-hydrogen) atoms. The van der Waals surface area contributed by atoms with Gasteiger partial charge in [-0.1, -0.05) is 6.92 Å². The Bertz CT molecular complexity index is 201. The van der Waals surface area contributed by atoms with Crippen LogP contribution in [0, 0.1) is 5.92 Å². The van der Waals surface area contributed by atoms with Gasteiger partial charge in [-0.25, -0.2) is 0 Å². The van der Waals surface area contributed by atoms with Crippen molar-refractivity contribution in [3.05, 3.63) is 0 Å². The first kappa shape index (κ1) is 13.5. The molecule has 1 fully saturated rings. The lowest BCUT2D eigenvalue weighted by atomic mass is 9.97. The molecule has 0 aromatic rings. The van der Waals surface area contributed by atoms with Crippen LogP contribution in [0.3, 0.4) is 0 Å². The summed E-state index contributed by atoms with van der Waals surface area (Å²) in [5.41, 5.74) is 0. The molecule has 94 valence electrons. The third kappa shape index (κ3) is 4.94. The molecule has 0 bridgehead atoms. The molecule has 1 heterocycles. The number of carbonyl (C=O) groups is 1. The molecule has 1 aliphatic heterocycles. The van der Waals surface area contributed by atoms with Crippen molar-refractivity contribution >= 4 is 5.97 Å². The van der Waals surface area contributed by atoms with E-state index < -0.39 is 0 Å². The van der Waals surface area contributed by atoms with Gasteiger partial charge in [0, 0.05) is 0 Å². The van der Waals surface area contributed by atoms with Gasteiger partial charge in [-0.2, -0.15) is 0 Å². The summed E-state index contributed by atoms with van der Waals surface area (Å²) in [6.07, 6.45) is 3.57. The van der Waals surface area contributed by atoms with Crippen molar-refractivity contribution in [1.82, 2.24) is 10.2 Å². The van der Waals surface area contributed by atoms with E-state index in [2.05, 4.69) is 21.9 Å². The fraction of sp³-hybridized carbons (Fsp3) is 0.917. The molecule has 1 N–H and O–H groups in total. The lowest BCUT2D eigenvalue weighted by Gasteiger charge is -2.31. The van der Waals surface area contributed by atoms with E-state index >= 15 is 0 Å². The number of esters is 1. The average molecular weight is 228 g/mol. The minimum Gasteiger partial charge on any atom is -0.468 e. The molecular weight excluding hydrogens is 204 g/mol. The molecule has 4 heteroatoms. The maximum Gasteiger partial charge on any atom is 0.319 e. The van der Waals surface area contributed by atoms with Crippen LogP contribution in [0.2, 0.25) is 0 Å². The van der Waals surface area contributed by atoms with Crippen molar-refractivity contribution in [2.45, 2.75) is 26.2 Å². The monoisotopic (exact) mass is 228 g/mol. The lowest BCUT2D eigenvalue weighted by Crippen LogP contribution is -2.40. The first-order valence-corrected chi connectivity index (χ1v) is 6.26. The van der Waals surface area contributed by atoms with Crippen LogP contribution >= 0.6 is 0 Å². The second kappa shape index (κ2) is 7.63. The molecule has 1 saturated heterocycles. The maximum atomic E-state index is 11.1. The zero-order chi connectivity index (χ0) is 11.8. The Labute approximate surface area is 98.3 Å². The van der Waals surface area contributed by atoms with E-state index in [0.29, 0.717) is 6.54 Å². The van der Waals surface area contributed by atoms with E-state index in [4.69, 9.17) is 0 Å². The molecule has 0 unspecified atom stereocenters. The predicted octanol–water partition coefficient (Wildman–Crippen LogP) is 0.871. The summed E-state index contributed by atoms with van der Waals surface area (Å²) in [5.74, 6) is 0.656. The van der Waals surface area contributed by atoms with E-state index in [1.807, 2.05) is 0 Å². The van der Waals surface area contributed by atoms with Crippen molar-refractivity contribution in [2.75, 3.05) is 39.8 Å². The van der Waals surface area contributed by atoms with Gasteiger partial charge in [0.05, 0.1) is 13.7 Å². The Morgan fingerprint density at radius 3 is 2.69 bits per heavy atom. The van der Waals surface area contributed by atoms with Crippen LogP contribution in [0.15, 0.2) is 0 Å². The second-order valence-corrected chi connectivity index (χ2v) is 4.50. The van der Waals surface area contributed by atoms with Crippen LogP contribution in [-0.2, 0) is 9.53 Å². The maximum absolute atomic E-state index is 11.1. The molecule has 1 aliphatic rings. The van der Waals surface area contributed by atoms with Crippen molar-refractivity contribution in [2.24, 2.45) is 5.92 Å². The van der Waals surface area contributed by atoms with E-state index in [-0.39, 0.29) is 5.97 Å². The highest BCUT2D eigenvalue weighted by Gasteiger charge is 2.20. The predicted molar refractivity (Wildman–Crippen MR) is 64.3 cm³/mol. The fourth-order valence-electron chi connectivity index (χ4n) is 2.08. The largest absolute Gasteiger partial charge is 0.468 e. The minimum atomic E-state index is -0.123. The second-order valence-electron chi connectivity index (χ2n) is 4.50. The molecule has 0 atom stereocenters. The number of hydrogen-bond donors (Lipinski definition) is 1. The lowest BCUT2D eigenvalue weighted by molar-refractivity contribution is -0.142. The van der Waals surface area contributed by atoms with Gasteiger partial charge in [-0.3, -0.25) is 9.69 Å². The van der Waals surface area contributed by atoms with Crippen molar-refractivity contribution < 1.29 is 9.53 Å². The van der Waals surface area contributed by atoms with Gasteiger partial charge in [0.15, 0.2) is 0 Å². The summed E-state index contributed by atoms with van der Waals surface area (Å²) in [5, 5.41) is 3.46. The quantitative estimate of drug-likeness (QED) is 0.541. The van der Waals surface area contributed by atoms with Crippen LogP contribution in [0.1, 0.15) is 26.2 Å². The number of nitrogens with one attached hydrogen (secondary N) is 1. The Balaban J connectivity index is 2.11. The Kier molecular flexibility index (Phi) is 6.42. The third-order valence-electron chi connectivity index (χ3n) is 3.15. The molecule has 4 nitrogen and oxygen atoms in total. The van der Waals surface area contributed by atoms with Gasteiger partial charge in [-0.15, -0.1) is 0 Å². The Morgan fingerprint density at radius 2 is 2.12 bits per heavy atom. The number of methoxy groups -OCH3 is 1. The molecule has 0 radical (unpaired) electrons. The van der Waals surface area contributed by atoms with Crippen LogP contribution in [-0.4, -0.2) is 50.7 Å². The number of likely N-dealkylation sites (tertiary alicyclic amines) is 1. The topological polar surface area (TPSA) is 41.6 Å². The van der Waals surface area contributed by atoms with E-state index in [9.17, 15) is 4.79 Å². The highest BCUT2D eigenvalue weighted by Crippen LogP contribution is 2.15. The highest BCUT2D eigenvalue weighted by atomic mass is 16.5. The standard InChI is InChI=1S/C12H24N2O2/c1-3-6-13-9-11-4-7-14(8-5-11)10-12(15)16-2/h11,13H,3-10H2,1-2H3. The summed E-state index contributed by atoms with van der Waals surface area (Å²) < 4.78 is 4.67. The van der Waals surface area contributed by atoms with Crippen molar-refractivity contribution in [3.63, 3.8) is 0 Å². The molecule has 0 aromatic heterocycles. The average Bonchev–Trinajstić information content (AvgIpc) is 2.31. The summed E-state index contributed by atoms with van der Waals surface area (Å²) >= 11 is 0. The zero-order valence-electron chi connectivity index (χ0n) is 10.5. The summed E-state index contributed by atoms with van der Waals surface area (Å²) in [6, 6.07) is 0. The van der Waals surface area contributed by atoms with Crippen LogP contribution in [0.5, 0.6) is 0 Å². The van der Waals surface area contributed by atoms with Crippen molar-refractivity contribution in [3.8, 4) is 0 Å². The molecule has 0 spiro atoms. The van der Waals surface area contributed by atoms with Gasteiger partial charge in [-0.05, 0) is 51.4 Å². The number of hydrogen-bond acceptors (Lipinski definition) is 4. The number of ether oxygens (including phenoxy) is 1. The SMILES string of the molecule is CCCNCC1CCN(CC(=O)OC)CC1. The number of piperidine rings is 1. The molecule has 0 aromatic carbocycles. The van der Waals surface area contributed by atoms with Gasteiger partial charge in [0.1, 0.15) is 0 Å². The minimum absolute atomic E-state index is 0.123. The fourth-order valence-corrected chi connectivity index (χ4v) is 2.08. The number of nitrogens with zero attached hydrogens (tertiary/aromatic N) is 1. The third-order valence-corrected chi connectivity index (χ3v) is 3.15. The molecule has 0 aliphatic carbocycles. The van der Waals surface area contributed by atoms with Crippen LogP contribution in [0.25, 0.3) is 0 Å². The van der Waals surface area contributed by atoms with E-state index in [0.717, 1.165) is 32.1 Å². The number of rotatable bonds is 6. The summed E-state index contributed by atoms with van der Waals surface area (Å²) in [4.78, 5) is 13.3. The van der Waals surface area contributed by atoms with Crippen molar-refractivity contribution in [1.29, 1.82) is 0 Å². The zero-order valence-corrected chi connectivity index (χ0v) is 10.5. The summed E-state index contributed by atoms with van der Waals surface area (Å²) in [6.45, 7) is 6.92.